The Morgan fingerprint density at radius 1 is 1.55 bits per heavy atom. The van der Waals surface area contributed by atoms with Crippen molar-refractivity contribution in [1.82, 2.24) is 14.7 Å². The molecule has 0 radical (unpaired) electrons. The third-order valence-corrected chi connectivity index (χ3v) is 4.11. The van der Waals surface area contributed by atoms with Gasteiger partial charge < -0.3 is 9.80 Å². The highest BCUT2D eigenvalue weighted by atomic mass is 32.2. The molecule has 1 amide bonds. The predicted octanol–water partition coefficient (Wildman–Crippen LogP) is 0.830. The summed E-state index contributed by atoms with van der Waals surface area (Å²) >= 11 is 1.25. The lowest BCUT2D eigenvalue weighted by Gasteiger charge is -2.13. The van der Waals surface area contributed by atoms with Crippen molar-refractivity contribution in [2.24, 2.45) is 0 Å². The summed E-state index contributed by atoms with van der Waals surface area (Å²) in [4.78, 5) is 26.9. The average molecular weight is 296 g/mol. The van der Waals surface area contributed by atoms with Gasteiger partial charge in [0.15, 0.2) is 5.12 Å². The Labute approximate surface area is 123 Å². The molecular formula is C13H20N4O2S. The SMILES string of the molecule is CC(=O)SC1CC(=O)N(c2cnn(CCN(C)C)c2)C1. The lowest BCUT2D eigenvalue weighted by atomic mass is 10.4. The minimum absolute atomic E-state index is 0.0603. The molecule has 7 heteroatoms. The number of likely N-dealkylation sites (N-methyl/N-ethyl adjacent to an activating group) is 1. The van der Waals surface area contributed by atoms with Crippen LogP contribution in [0.5, 0.6) is 0 Å². The van der Waals surface area contributed by atoms with E-state index in [1.165, 1.54) is 18.7 Å². The monoisotopic (exact) mass is 296 g/mol. The third kappa shape index (κ3) is 3.83. The second kappa shape index (κ2) is 6.41. The van der Waals surface area contributed by atoms with Crippen molar-refractivity contribution in [3.63, 3.8) is 0 Å². The van der Waals surface area contributed by atoms with Crippen LogP contribution in [0.2, 0.25) is 0 Å². The van der Waals surface area contributed by atoms with Gasteiger partial charge in [-0.2, -0.15) is 5.10 Å². The van der Waals surface area contributed by atoms with Crippen LogP contribution < -0.4 is 4.90 Å². The number of hydrogen-bond acceptors (Lipinski definition) is 5. The first-order chi connectivity index (χ1) is 9.45. The van der Waals surface area contributed by atoms with Crippen LogP contribution in [0.25, 0.3) is 0 Å². The highest BCUT2D eigenvalue weighted by Gasteiger charge is 2.32. The van der Waals surface area contributed by atoms with E-state index in [1.54, 1.807) is 11.1 Å². The molecule has 6 nitrogen and oxygen atoms in total. The van der Waals surface area contributed by atoms with Crippen LogP contribution in [0.1, 0.15) is 13.3 Å². The Balaban J connectivity index is 1.97. The summed E-state index contributed by atoms with van der Waals surface area (Å²) in [6.45, 7) is 3.82. The molecule has 1 aliphatic heterocycles. The van der Waals surface area contributed by atoms with E-state index in [0.29, 0.717) is 13.0 Å². The Hall–Kier alpha value is -1.34. The van der Waals surface area contributed by atoms with E-state index in [4.69, 9.17) is 0 Å². The van der Waals surface area contributed by atoms with Crippen molar-refractivity contribution in [2.45, 2.75) is 25.1 Å². The van der Waals surface area contributed by atoms with Gasteiger partial charge in [0, 0.05) is 37.9 Å². The van der Waals surface area contributed by atoms with Crippen molar-refractivity contribution in [1.29, 1.82) is 0 Å². The van der Waals surface area contributed by atoms with Gasteiger partial charge in [0.25, 0.3) is 0 Å². The van der Waals surface area contributed by atoms with Gasteiger partial charge >= 0.3 is 0 Å². The van der Waals surface area contributed by atoms with Crippen LogP contribution in [0.3, 0.4) is 0 Å². The normalized spacial score (nSPS) is 19.1. The molecule has 0 bridgehead atoms. The summed E-state index contributed by atoms with van der Waals surface area (Å²) in [6.07, 6.45) is 4.03. The fourth-order valence-corrected chi connectivity index (χ4v) is 3.07. The number of carbonyl (C=O) groups excluding carboxylic acids is 2. The first-order valence-corrected chi connectivity index (χ1v) is 7.48. The molecule has 1 unspecified atom stereocenters. The molecule has 110 valence electrons. The molecule has 0 aromatic carbocycles. The Morgan fingerprint density at radius 3 is 2.95 bits per heavy atom. The van der Waals surface area contributed by atoms with Gasteiger partial charge in [0.1, 0.15) is 0 Å². The van der Waals surface area contributed by atoms with E-state index in [-0.39, 0.29) is 16.3 Å². The van der Waals surface area contributed by atoms with Crippen LogP contribution in [0, 0.1) is 0 Å². The van der Waals surface area contributed by atoms with Gasteiger partial charge in [-0.05, 0) is 14.1 Å². The van der Waals surface area contributed by atoms with Crippen molar-refractivity contribution in [2.75, 3.05) is 32.1 Å². The van der Waals surface area contributed by atoms with Gasteiger partial charge in [0.05, 0.1) is 18.4 Å². The van der Waals surface area contributed by atoms with Crippen molar-refractivity contribution < 1.29 is 9.59 Å². The number of rotatable bonds is 5. The van der Waals surface area contributed by atoms with Crippen LogP contribution in [0.15, 0.2) is 12.4 Å². The fraction of sp³-hybridized carbons (Fsp3) is 0.615. The minimum Gasteiger partial charge on any atom is -0.308 e. The van der Waals surface area contributed by atoms with Crippen molar-refractivity contribution >= 4 is 28.5 Å². The minimum atomic E-state index is 0.0603. The molecule has 0 aliphatic carbocycles. The average Bonchev–Trinajstić information content (AvgIpc) is 2.92. The molecule has 1 fully saturated rings. The molecule has 0 spiro atoms. The van der Waals surface area contributed by atoms with E-state index in [2.05, 4.69) is 10.00 Å². The molecule has 0 N–H and O–H groups in total. The predicted molar refractivity (Wildman–Crippen MR) is 79.8 cm³/mol. The largest absolute Gasteiger partial charge is 0.308 e. The molecule has 2 heterocycles. The first kappa shape index (κ1) is 15.1. The molecule has 20 heavy (non-hydrogen) atoms. The zero-order valence-electron chi connectivity index (χ0n) is 12.1. The van der Waals surface area contributed by atoms with Crippen LogP contribution in [-0.2, 0) is 16.1 Å². The smallest absolute Gasteiger partial charge is 0.228 e. The zero-order valence-corrected chi connectivity index (χ0v) is 12.9. The van der Waals surface area contributed by atoms with Crippen LogP contribution in [0.4, 0.5) is 5.69 Å². The lowest BCUT2D eigenvalue weighted by Crippen LogP contribution is -2.24. The van der Waals surface area contributed by atoms with E-state index >= 15 is 0 Å². The quantitative estimate of drug-likeness (QED) is 0.805. The van der Waals surface area contributed by atoms with E-state index < -0.39 is 0 Å². The molecular weight excluding hydrogens is 276 g/mol. The van der Waals surface area contributed by atoms with Gasteiger partial charge in [-0.3, -0.25) is 14.3 Å². The van der Waals surface area contributed by atoms with E-state index in [1.807, 2.05) is 25.0 Å². The summed E-state index contributed by atoms with van der Waals surface area (Å²) < 4.78 is 1.84. The summed E-state index contributed by atoms with van der Waals surface area (Å²) in [5, 5.41) is 4.40. The zero-order chi connectivity index (χ0) is 14.7. The van der Waals surface area contributed by atoms with Gasteiger partial charge in [-0.1, -0.05) is 11.8 Å². The number of aromatic nitrogens is 2. The molecule has 1 atom stereocenters. The highest BCUT2D eigenvalue weighted by Crippen LogP contribution is 2.28. The highest BCUT2D eigenvalue weighted by molar-refractivity contribution is 8.14. The summed E-state index contributed by atoms with van der Waals surface area (Å²) in [6, 6.07) is 0. The number of nitrogens with zero attached hydrogens (tertiary/aromatic N) is 4. The molecule has 1 aromatic rings. The Bertz CT molecular complexity index is 500. The van der Waals surface area contributed by atoms with E-state index in [0.717, 1.165) is 18.8 Å². The lowest BCUT2D eigenvalue weighted by molar-refractivity contribution is -0.117. The van der Waals surface area contributed by atoms with Crippen molar-refractivity contribution in [3.05, 3.63) is 12.4 Å². The molecule has 0 saturated carbocycles. The number of amides is 1. The third-order valence-electron chi connectivity index (χ3n) is 3.13. The second-order valence-corrected chi connectivity index (χ2v) is 6.68. The maximum atomic E-state index is 12.0. The number of thioether (sulfide) groups is 1. The van der Waals surface area contributed by atoms with Crippen molar-refractivity contribution in [3.8, 4) is 0 Å². The Morgan fingerprint density at radius 2 is 2.30 bits per heavy atom. The summed E-state index contributed by atoms with van der Waals surface area (Å²) in [7, 11) is 4.02. The second-order valence-electron chi connectivity index (χ2n) is 5.20. The summed E-state index contributed by atoms with van der Waals surface area (Å²) in [5.74, 6) is 0.0657. The fourth-order valence-electron chi connectivity index (χ4n) is 2.15. The molecule has 1 aliphatic rings. The van der Waals surface area contributed by atoms with Crippen LogP contribution >= 0.6 is 11.8 Å². The van der Waals surface area contributed by atoms with E-state index in [9.17, 15) is 9.59 Å². The van der Waals surface area contributed by atoms with Gasteiger partial charge in [-0.25, -0.2) is 0 Å². The number of hydrogen-bond donors (Lipinski definition) is 0. The number of anilines is 1. The molecule has 1 saturated heterocycles. The number of carbonyl (C=O) groups is 2. The van der Waals surface area contributed by atoms with Gasteiger partial charge in [-0.15, -0.1) is 0 Å². The summed E-state index contributed by atoms with van der Waals surface area (Å²) in [5.41, 5.74) is 0.820. The standard InChI is InChI=1S/C13H20N4O2S/c1-10(18)20-12-6-13(19)17(9-12)11-7-14-16(8-11)5-4-15(2)3/h7-8,12H,4-6,9H2,1-3H3. The van der Waals surface area contributed by atoms with Gasteiger partial charge in [0.2, 0.25) is 5.91 Å². The first-order valence-electron chi connectivity index (χ1n) is 6.60. The topological polar surface area (TPSA) is 58.4 Å². The molecule has 2 rings (SSSR count). The van der Waals surface area contributed by atoms with Crippen LogP contribution in [-0.4, -0.2) is 58.1 Å². The maximum Gasteiger partial charge on any atom is 0.228 e. The Kier molecular flexibility index (Phi) is 4.82. The maximum absolute atomic E-state index is 12.0. The molecule has 1 aromatic heterocycles.